The number of hydrogen-bond donors (Lipinski definition) is 2. The highest BCUT2D eigenvalue weighted by Crippen LogP contribution is 2.31. The second kappa shape index (κ2) is 4.44. The van der Waals surface area contributed by atoms with E-state index >= 15 is 0 Å². The first kappa shape index (κ1) is 12.6. The highest BCUT2D eigenvalue weighted by molar-refractivity contribution is 6.06. The van der Waals surface area contributed by atoms with E-state index in [0.29, 0.717) is 6.54 Å². The number of aryl methyl sites for hydroxylation is 3. The number of carbonyl (C=O) groups excluding carboxylic acids is 1. The molecule has 4 heteroatoms. The fraction of sp³-hybridized carbons (Fsp3) is 0.429. The third kappa shape index (κ3) is 1.88. The number of benzene rings is 1. The second-order valence-electron chi connectivity index (χ2n) is 4.84. The molecule has 1 aliphatic heterocycles. The van der Waals surface area contributed by atoms with Crippen LogP contribution in [0.15, 0.2) is 12.1 Å². The smallest absolute Gasteiger partial charge is 0.310 e. The van der Waals surface area contributed by atoms with Crippen molar-refractivity contribution in [1.29, 1.82) is 5.41 Å². The van der Waals surface area contributed by atoms with Crippen LogP contribution in [0.2, 0.25) is 0 Å². The number of likely N-dealkylation sites (N-methyl/N-ethyl adjacent to an activating group) is 1. The Morgan fingerprint density at radius 2 is 1.83 bits per heavy atom. The quantitative estimate of drug-likeness (QED) is 0.827. The predicted molar refractivity (Wildman–Crippen MR) is 72.0 cm³/mol. The van der Waals surface area contributed by atoms with Crippen molar-refractivity contribution in [3.63, 3.8) is 0 Å². The van der Waals surface area contributed by atoms with Gasteiger partial charge in [-0.3, -0.25) is 10.7 Å². The summed E-state index contributed by atoms with van der Waals surface area (Å²) < 4.78 is 0. The predicted octanol–water partition coefficient (Wildman–Crippen LogP) is 2.68. The Morgan fingerprint density at radius 1 is 1.28 bits per heavy atom. The number of hydrogen-bond acceptors (Lipinski definition) is 2. The van der Waals surface area contributed by atoms with E-state index in [2.05, 4.69) is 24.4 Å². The van der Waals surface area contributed by atoms with E-state index in [9.17, 15) is 4.79 Å². The van der Waals surface area contributed by atoms with Gasteiger partial charge in [-0.15, -0.1) is 0 Å². The Kier molecular flexibility index (Phi) is 3.11. The summed E-state index contributed by atoms with van der Waals surface area (Å²) in [4.78, 5) is 13.5. The molecular weight excluding hydrogens is 226 g/mol. The lowest BCUT2D eigenvalue weighted by Crippen LogP contribution is -2.30. The standard InChI is InChI=1S/C14H19N3O/c1-5-17-12(13(15)16-14(17)18)11-9(3)6-8(2)7-10(11)4/h6-7,12H,5H2,1-4H3,(H2,15,16,18). The fourth-order valence-electron chi connectivity index (χ4n) is 2.78. The molecule has 1 atom stereocenters. The van der Waals surface area contributed by atoms with Crippen LogP contribution < -0.4 is 5.32 Å². The van der Waals surface area contributed by atoms with E-state index in [1.54, 1.807) is 4.90 Å². The third-order valence-corrected chi connectivity index (χ3v) is 3.44. The normalized spacial score (nSPS) is 19.3. The van der Waals surface area contributed by atoms with Crippen LogP contribution in [-0.4, -0.2) is 23.3 Å². The minimum absolute atomic E-state index is 0.174. The second-order valence-corrected chi connectivity index (χ2v) is 4.84. The molecule has 1 aliphatic rings. The molecule has 1 fully saturated rings. The number of amides is 2. The largest absolute Gasteiger partial charge is 0.323 e. The molecule has 0 saturated carbocycles. The van der Waals surface area contributed by atoms with E-state index in [1.165, 1.54) is 5.56 Å². The molecule has 96 valence electrons. The first-order valence-electron chi connectivity index (χ1n) is 6.19. The van der Waals surface area contributed by atoms with E-state index in [-0.39, 0.29) is 17.9 Å². The summed E-state index contributed by atoms with van der Waals surface area (Å²) in [7, 11) is 0. The zero-order chi connectivity index (χ0) is 13.4. The van der Waals surface area contributed by atoms with Crippen molar-refractivity contribution in [1.82, 2.24) is 10.2 Å². The SMILES string of the molecule is CCN1C(=O)NC(=N)C1c1c(C)cc(C)cc1C. The minimum Gasteiger partial charge on any atom is -0.310 e. The molecular formula is C14H19N3O. The molecule has 1 unspecified atom stereocenters. The summed E-state index contributed by atoms with van der Waals surface area (Å²) in [5.74, 6) is 0.275. The molecule has 1 saturated heterocycles. The summed E-state index contributed by atoms with van der Waals surface area (Å²) in [5.41, 5.74) is 4.56. The van der Waals surface area contributed by atoms with E-state index in [4.69, 9.17) is 5.41 Å². The summed E-state index contributed by atoms with van der Waals surface area (Å²) >= 11 is 0. The lowest BCUT2D eigenvalue weighted by Gasteiger charge is -2.24. The van der Waals surface area contributed by atoms with Gasteiger partial charge in [-0.2, -0.15) is 0 Å². The number of rotatable bonds is 2. The van der Waals surface area contributed by atoms with Crippen LogP contribution in [0.3, 0.4) is 0 Å². The van der Waals surface area contributed by atoms with E-state index < -0.39 is 0 Å². The first-order valence-corrected chi connectivity index (χ1v) is 6.19. The van der Waals surface area contributed by atoms with Crippen LogP contribution >= 0.6 is 0 Å². The van der Waals surface area contributed by atoms with Gasteiger partial charge in [-0.05, 0) is 44.4 Å². The van der Waals surface area contributed by atoms with Crippen molar-refractivity contribution < 1.29 is 4.79 Å². The highest BCUT2D eigenvalue weighted by Gasteiger charge is 2.37. The van der Waals surface area contributed by atoms with Gasteiger partial charge in [0.25, 0.3) is 0 Å². The molecule has 0 aromatic heterocycles. The molecule has 2 amide bonds. The lowest BCUT2D eigenvalue weighted by molar-refractivity contribution is 0.208. The maximum absolute atomic E-state index is 11.8. The monoisotopic (exact) mass is 245 g/mol. The lowest BCUT2D eigenvalue weighted by atomic mass is 9.93. The van der Waals surface area contributed by atoms with Gasteiger partial charge < -0.3 is 4.90 Å². The van der Waals surface area contributed by atoms with Gasteiger partial charge in [0.05, 0.1) is 0 Å². The molecule has 2 N–H and O–H groups in total. The number of nitrogens with one attached hydrogen (secondary N) is 2. The molecule has 2 rings (SSSR count). The Hall–Kier alpha value is -1.84. The van der Waals surface area contributed by atoms with E-state index in [0.717, 1.165) is 16.7 Å². The van der Waals surface area contributed by atoms with Crippen molar-refractivity contribution in [2.45, 2.75) is 33.7 Å². The molecule has 1 heterocycles. The molecule has 18 heavy (non-hydrogen) atoms. The third-order valence-electron chi connectivity index (χ3n) is 3.44. The average molecular weight is 245 g/mol. The number of urea groups is 1. The van der Waals surface area contributed by atoms with Gasteiger partial charge >= 0.3 is 6.03 Å². The summed E-state index contributed by atoms with van der Waals surface area (Å²) in [5, 5.41) is 10.6. The van der Waals surface area contributed by atoms with Crippen molar-refractivity contribution in [2.75, 3.05) is 6.54 Å². The maximum atomic E-state index is 11.8. The van der Waals surface area contributed by atoms with Crippen molar-refractivity contribution >= 4 is 11.9 Å². The fourth-order valence-corrected chi connectivity index (χ4v) is 2.78. The molecule has 1 aromatic carbocycles. The molecule has 0 radical (unpaired) electrons. The van der Waals surface area contributed by atoms with Crippen LogP contribution in [0.4, 0.5) is 4.79 Å². The number of amidine groups is 1. The van der Waals surface area contributed by atoms with Crippen LogP contribution in [0, 0.1) is 26.2 Å². The Bertz CT molecular complexity index is 499. The van der Waals surface area contributed by atoms with Gasteiger partial charge in [0.15, 0.2) is 0 Å². The van der Waals surface area contributed by atoms with Crippen LogP contribution in [0.25, 0.3) is 0 Å². The van der Waals surface area contributed by atoms with E-state index in [1.807, 2.05) is 20.8 Å². The van der Waals surface area contributed by atoms with Crippen molar-refractivity contribution in [2.24, 2.45) is 0 Å². The van der Waals surface area contributed by atoms with Crippen LogP contribution in [0.5, 0.6) is 0 Å². The Balaban J connectivity index is 2.54. The van der Waals surface area contributed by atoms with Gasteiger partial charge in [-0.1, -0.05) is 17.7 Å². The number of nitrogens with zero attached hydrogens (tertiary/aromatic N) is 1. The highest BCUT2D eigenvalue weighted by atomic mass is 16.2. The number of carbonyl (C=O) groups is 1. The summed E-state index contributed by atoms with van der Waals surface area (Å²) in [6, 6.07) is 3.77. The Labute approximate surface area is 108 Å². The summed E-state index contributed by atoms with van der Waals surface area (Å²) in [6.45, 7) is 8.68. The summed E-state index contributed by atoms with van der Waals surface area (Å²) in [6.07, 6.45) is 0. The molecule has 1 aromatic rings. The van der Waals surface area contributed by atoms with Gasteiger partial charge in [0.1, 0.15) is 11.9 Å². The molecule has 0 aliphatic carbocycles. The van der Waals surface area contributed by atoms with Gasteiger partial charge in [0.2, 0.25) is 0 Å². The minimum atomic E-state index is -0.261. The van der Waals surface area contributed by atoms with Crippen LogP contribution in [-0.2, 0) is 0 Å². The van der Waals surface area contributed by atoms with Crippen molar-refractivity contribution in [3.05, 3.63) is 34.4 Å². The topological polar surface area (TPSA) is 56.2 Å². The van der Waals surface area contributed by atoms with Crippen molar-refractivity contribution in [3.8, 4) is 0 Å². The Morgan fingerprint density at radius 3 is 2.33 bits per heavy atom. The zero-order valence-corrected chi connectivity index (χ0v) is 11.3. The zero-order valence-electron chi connectivity index (χ0n) is 11.3. The first-order chi connectivity index (χ1) is 8.45. The van der Waals surface area contributed by atoms with Gasteiger partial charge in [0, 0.05) is 6.54 Å². The van der Waals surface area contributed by atoms with Gasteiger partial charge in [-0.25, -0.2) is 4.79 Å². The molecule has 0 spiro atoms. The van der Waals surface area contributed by atoms with Crippen LogP contribution in [0.1, 0.15) is 35.2 Å². The molecule has 4 nitrogen and oxygen atoms in total. The molecule has 0 bridgehead atoms. The average Bonchev–Trinajstić information content (AvgIpc) is 2.52. The maximum Gasteiger partial charge on any atom is 0.323 e.